The first-order chi connectivity index (χ1) is 7.58. The summed E-state index contributed by atoms with van der Waals surface area (Å²) in [5.41, 5.74) is 0. The normalized spacial score (nSPS) is 26.4. The van der Waals surface area contributed by atoms with Crippen molar-refractivity contribution in [3.8, 4) is 0 Å². The van der Waals surface area contributed by atoms with Crippen molar-refractivity contribution < 1.29 is 9.59 Å². The van der Waals surface area contributed by atoms with Crippen molar-refractivity contribution in [1.29, 1.82) is 0 Å². The molecule has 0 saturated heterocycles. The van der Waals surface area contributed by atoms with E-state index in [0.717, 1.165) is 25.7 Å². The number of hydrogen-bond donors (Lipinski definition) is 0. The third kappa shape index (κ3) is 5.06. The van der Waals surface area contributed by atoms with Gasteiger partial charge in [-0.1, -0.05) is 12.2 Å². The molecule has 0 heterocycles. The van der Waals surface area contributed by atoms with E-state index in [1.54, 1.807) is 26.0 Å². The molecule has 0 aromatic rings. The van der Waals surface area contributed by atoms with Gasteiger partial charge in [-0.05, 0) is 63.5 Å². The SMILES string of the molecule is CC(=O)/C=C/C1CCC(/C=C/C(C)=O)CC1. The Morgan fingerprint density at radius 3 is 1.38 bits per heavy atom. The Balaban J connectivity index is 2.34. The molecule has 0 radical (unpaired) electrons. The van der Waals surface area contributed by atoms with Crippen molar-refractivity contribution in [3.05, 3.63) is 24.3 Å². The van der Waals surface area contributed by atoms with Gasteiger partial charge in [0.25, 0.3) is 0 Å². The second kappa shape index (κ2) is 6.41. The Morgan fingerprint density at radius 2 is 1.12 bits per heavy atom. The summed E-state index contributed by atoms with van der Waals surface area (Å²) in [6.07, 6.45) is 11.9. The van der Waals surface area contributed by atoms with Crippen LogP contribution in [-0.2, 0) is 9.59 Å². The van der Waals surface area contributed by atoms with Gasteiger partial charge in [-0.3, -0.25) is 9.59 Å². The van der Waals surface area contributed by atoms with E-state index in [1.165, 1.54) is 0 Å². The van der Waals surface area contributed by atoms with E-state index >= 15 is 0 Å². The number of carbonyl (C=O) groups is 2. The molecule has 0 aliphatic heterocycles. The highest BCUT2D eigenvalue weighted by Gasteiger charge is 2.17. The molecule has 1 aliphatic rings. The van der Waals surface area contributed by atoms with Crippen LogP contribution in [-0.4, -0.2) is 11.6 Å². The van der Waals surface area contributed by atoms with Crippen molar-refractivity contribution in [2.24, 2.45) is 11.8 Å². The first-order valence-electron chi connectivity index (χ1n) is 5.95. The maximum absolute atomic E-state index is 10.8. The average molecular weight is 220 g/mol. The fourth-order valence-corrected chi connectivity index (χ4v) is 2.07. The lowest BCUT2D eigenvalue weighted by molar-refractivity contribution is -0.113. The van der Waals surface area contributed by atoms with Gasteiger partial charge in [0.1, 0.15) is 0 Å². The molecule has 0 aromatic carbocycles. The fourth-order valence-electron chi connectivity index (χ4n) is 2.07. The first-order valence-corrected chi connectivity index (χ1v) is 5.95. The molecule has 1 rings (SSSR count). The monoisotopic (exact) mass is 220 g/mol. The van der Waals surface area contributed by atoms with Crippen LogP contribution < -0.4 is 0 Å². The Labute approximate surface area is 97.4 Å². The summed E-state index contributed by atoms with van der Waals surface area (Å²) in [4.78, 5) is 21.6. The van der Waals surface area contributed by atoms with E-state index < -0.39 is 0 Å². The summed E-state index contributed by atoms with van der Waals surface area (Å²) < 4.78 is 0. The van der Waals surface area contributed by atoms with Crippen LogP contribution in [0.25, 0.3) is 0 Å². The predicted octanol–water partition coefficient (Wildman–Crippen LogP) is 3.08. The quantitative estimate of drug-likeness (QED) is 0.682. The highest BCUT2D eigenvalue weighted by atomic mass is 16.1. The van der Waals surface area contributed by atoms with Crippen LogP contribution in [0.2, 0.25) is 0 Å². The molecule has 1 aliphatic carbocycles. The topological polar surface area (TPSA) is 34.1 Å². The Kier molecular flexibility index (Phi) is 5.17. The van der Waals surface area contributed by atoms with Crippen LogP contribution in [0.1, 0.15) is 39.5 Å². The molecule has 0 spiro atoms. The second-order valence-corrected chi connectivity index (χ2v) is 4.61. The molecule has 0 amide bonds. The summed E-state index contributed by atoms with van der Waals surface area (Å²) in [5, 5.41) is 0. The van der Waals surface area contributed by atoms with Crippen LogP contribution in [0.3, 0.4) is 0 Å². The molecular weight excluding hydrogens is 200 g/mol. The van der Waals surface area contributed by atoms with Crippen molar-refractivity contribution in [3.63, 3.8) is 0 Å². The highest BCUT2D eigenvalue weighted by Crippen LogP contribution is 2.30. The van der Waals surface area contributed by atoms with E-state index in [9.17, 15) is 9.59 Å². The number of hydrogen-bond acceptors (Lipinski definition) is 2. The van der Waals surface area contributed by atoms with Crippen LogP contribution in [0.15, 0.2) is 24.3 Å². The summed E-state index contributed by atoms with van der Waals surface area (Å²) >= 11 is 0. The van der Waals surface area contributed by atoms with E-state index in [4.69, 9.17) is 0 Å². The smallest absolute Gasteiger partial charge is 0.152 e. The number of allylic oxidation sites excluding steroid dienone is 4. The number of ketones is 2. The van der Waals surface area contributed by atoms with Gasteiger partial charge in [0.15, 0.2) is 11.6 Å². The second-order valence-electron chi connectivity index (χ2n) is 4.61. The van der Waals surface area contributed by atoms with Gasteiger partial charge in [-0.15, -0.1) is 0 Å². The number of rotatable bonds is 4. The average Bonchev–Trinajstić information content (AvgIpc) is 2.25. The van der Waals surface area contributed by atoms with Crippen molar-refractivity contribution >= 4 is 11.6 Å². The Bertz CT molecular complexity index is 273. The molecular formula is C14H20O2. The molecule has 0 atom stereocenters. The summed E-state index contributed by atoms with van der Waals surface area (Å²) in [5.74, 6) is 1.34. The molecule has 1 saturated carbocycles. The molecule has 2 nitrogen and oxygen atoms in total. The van der Waals surface area contributed by atoms with Gasteiger partial charge < -0.3 is 0 Å². The largest absolute Gasteiger partial charge is 0.295 e. The zero-order valence-corrected chi connectivity index (χ0v) is 10.1. The highest BCUT2D eigenvalue weighted by molar-refractivity contribution is 5.87. The van der Waals surface area contributed by atoms with Gasteiger partial charge in [0, 0.05) is 0 Å². The van der Waals surface area contributed by atoms with Gasteiger partial charge in [0.05, 0.1) is 0 Å². The molecule has 2 heteroatoms. The Morgan fingerprint density at radius 1 is 0.812 bits per heavy atom. The Hall–Kier alpha value is -1.18. The van der Waals surface area contributed by atoms with Crippen LogP contribution in [0, 0.1) is 11.8 Å². The van der Waals surface area contributed by atoms with E-state index in [0.29, 0.717) is 11.8 Å². The van der Waals surface area contributed by atoms with Gasteiger partial charge in [0.2, 0.25) is 0 Å². The minimum Gasteiger partial charge on any atom is -0.295 e. The third-order valence-corrected chi connectivity index (χ3v) is 3.02. The van der Waals surface area contributed by atoms with Crippen LogP contribution >= 0.6 is 0 Å². The summed E-state index contributed by atoms with van der Waals surface area (Å²) in [7, 11) is 0. The predicted molar refractivity (Wildman–Crippen MR) is 65.1 cm³/mol. The minimum absolute atomic E-state index is 0.124. The molecule has 1 fully saturated rings. The lowest BCUT2D eigenvalue weighted by Crippen LogP contribution is -2.11. The maximum Gasteiger partial charge on any atom is 0.152 e. The third-order valence-electron chi connectivity index (χ3n) is 3.02. The lowest BCUT2D eigenvalue weighted by Gasteiger charge is -2.24. The first kappa shape index (κ1) is 12.9. The molecule has 0 bridgehead atoms. The van der Waals surface area contributed by atoms with Crippen LogP contribution in [0.4, 0.5) is 0 Å². The van der Waals surface area contributed by atoms with Crippen molar-refractivity contribution in [2.75, 3.05) is 0 Å². The molecule has 0 aromatic heterocycles. The van der Waals surface area contributed by atoms with Crippen molar-refractivity contribution in [1.82, 2.24) is 0 Å². The van der Waals surface area contributed by atoms with Crippen molar-refractivity contribution in [2.45, 2.75) is 39.5 Å². The molecule has 0 unspecified atom stereocenters. The standard InChI is InChI=1S/C14H20O2/c1-11(15)3-5-13-7-9-14(10-8-13)6-4-12(2)16/h3-6,13-14H,7-10H2,1-2H3/b5-3+,6-4+. The van der Waals surface area contributed by atoms with Gasteiger partial charge >= 0.3 is 0 Å². The molecule has 0 N–H and O–H groups in total. The minimum atomic E-state index is 0.124. The van der Waals surface area contributed by atoms with E-state index in [1.807, 2.05) is 12.2 Å². The lowest BCUT2D eigenvalue weighted by atomic mass is 9.81. The van der Waals surface area contributed by atoms with Crippen LogP contribution in [0.5, 0.6) is 0 Å². The van der Waals surface area contributed by atoms with Gasteiger partial charge in [-0.2, -0.15) is 0 Å². The van der Waals surface area contributed by atoms with E-state index in [-0.39, 0.29) is 11.6 Å². The van der Waals surface area contributed by atoms with E-state index in [2.05, 4.69) is 0 Å². The molecule has 16 heavy (non-hydrogen) atoms. The fraction of sp³-hybridized carbons (Fsp3) is 0.571. The maximum atomic E-state index is 10.8. The van der Waals surface area contributed by atoms with Gasteiger partial charge in [-0.25, -0.2) is 0 Å². The zero-order valence-electron chi connectivity index (χ0n) is 10.1. The summed E-state index contributed by atoms with van der Waals surface area (Å²) in [6, 6.07) is 0. The zero-order chi connectivity index (χ0) is 12.0. The summed E-state index contributed by atoms with van der Waals surface area (Å²) in [6.45, 7) is 3.16. The molecule has 88 valence electrons. The number of carbonyl (C=O) groups excluding carboxylic acids is 2.